The lowest BCUT2D eigenvalue weighted by Gasteiger charge is -2.21. The lowest BCUT2D eigenvalue weighted by Crippen LogP contribution is -2.21. The minimum atomic E-state index is -0.321. The fourth-order valence-corrected chi connectivity index (χ4v) is 2.76. The molecule has 5 nitrogen and oxygen atoms in total. The molecule has 0 heterocycles. The van der Waals surface area contributed by atoms with E-state index >= 15 is 0 Å². The molecular weight excluding hydrogens is 370 g/mol. The van der Waals surface area contributed by atoms with Crippen molar-refractivity contribution in [3.8, 4) is 5.75 Å². The highest BCUT2D eigenvalue weighted by atomic mass is 79.9. The topological polar surface area (TPSA) is 64.9 Å². The van der Waals surface area contributed by atoms with E-state index in [1.54, 1.807) is 30.3 Å². The average Bonchev–Trinajstić information content (AvgIpc) is 2.58. The molecule has 0 aromatic heterocycles. The SMILES string of the molecule is CCN(CC)c1ccc(C=NNC(=O)c2ccccc2Br)c(O)c1. The summed E-state index contributed by atoms with van der Waals surface area (Å²) in [6.07, 6.45) is 1.43. The van der Waals surface area contributed by atoms with Crippen molar-refractivity contribution in [2.24, 2.45) is 5.10 Å². The van der Waals surface area contributed by atoms with Crippen molar-refractivity contribution < 1.29 is 9.90 Å². The second-order valence-corrected chi connectivity index (χ2v) is 5.95. The van der Waals surface area contributed by atoms with Crippen molar-refractivity contribution in [2.75, 3.05) is 18.0 Å². The number of phenolic OH excluding ortho intramolecular Hbond substituents is 1. The maximum Gasteiger partial charge on any atom is 0.272 e. The first kappa shape index (κ1) is 18.0. The molecule has 0 saturated carbocycles. The van der Waals surface area contributed by atoms with Gasteiger partial charge >= 0.3 is 0 Å². The summed E-state index contributed by atoms with van der Waals surface area (Å²) < 4.78 is 0.698. The van der Waals surface area contributed by atoms with Crippen LogP contribution in [0.25, 0.3) is 0 Å². The summed E-state index contributed by atoms with van der Waals surface area (Å²) in [6, 6.07) is 12.5. The van der Waals surface area contributed by atoms with Gasteiger partial charge in [0.1, 0.15) is 5.75 Å². The summed E-state index contributed by atoms with van der Waals surface area (Å²) in [4.78, 5) is 14.2. The molecule has 0 atom stereocenters. The van der Waals surface area contributed by atoms with Gasteiger partial charge in [-0.05, 0) is 54.0 Å². The monoisotopic (exact) mass is 389 g/mol. The fraction of sp³-hybridized carbons (Fsp3) is 0.222. The Balaban J connectivity index is 2.07. The van der Waals surface area contributed by atoms with Gasteiger partial charge in [-0.25, -0.2) is 5.43 Å². The van der Waals surface area contributed by atoms with E-state index in [4.69, 9.17) is 0 Å². The van der Waals surface area contributed by atoms with Gasteiger partial charge in [-0.15, -0.1) is 0 Å². The predicted molar refractivity (Wildman–Crippen MR) is 101 cm³/mol. The van der Waals surface area contributed by atoms with Crippen LogP contribution in [0.4, 0.5) is 5.69 Å². The third-order valence-corrected chi connectivity index (χ3v) is 4.32. The molecule has 2 aromatic carbocycles. The van der Waals surface area contributed by atoms with Gasteiger partial charge in [0, 0.05) is 34.9 Å². The van der Waals surface area contributed by atoms with Gasteiger partial charge in [-0.1, -0.05) is 12.1 Å². The van der Waals surface area contributed by atoms with Crippen molar-refractivity contribution in [3.05, 3.63) is 58.1 Å². The number of carbonyl (C=O) groups is 1. The lowest BCUT2D eigenvalue weighted by molar-refractivity contribution is 0.0954. The highest BCUT2D eigenvalue weighted by Gasteiger charge is 2.08. The standard InChI is InChI=1S/C18H20BrN3O2/c1-3-22(4-2)14-10-9-13(17(23)11-14)12-20-21-18(24)15-7-5-6-8-16(15)19/h5-12,23H,3-4H2,1-2H3,(H,21,24). The van der Waals surface area contributed by atoms with E-state index in [-0.39, 0.29) is 11.7 Å². The van der Waals surface area contributed by atoms with Crippen molar-refractivity contribution in [1.29, 1.82) is 0 Å². The van der Waals surface area contributed by atoms with Gasteiger partial charge in [-0.2, -0.15) is 5.10 Å². The van der Waals surface area contributed by atoms with E-state index < -0.39 is 0 Å². The molecule has 0 aliphatic carbocycles. The summed E-state index contributed by atoms with van der Waals surface area (Å²) in [5.41, 5.74) is 4.44. The van der Waals surface area contributed by atoms with Crippen molar-refractivity contribution in [2.45, 2.75) is 13.8 Å². The molecule has 6 heteroatoms. The maximum absolute atomic E-state index is 12.0. The van der Waals surface area contributed by atoms with Crippen LogP contribution < -0.4 is 10.3 Å². The Bertz CT molecular complexity index is 743. The van der Waals surface area contributed by atoms with E-state index in [0.29, 0.717) is 15.6 Å². The van der Waals surface area contributed by atoms with Crippen LogP contribution in [0.2, 0.25) is 0 Å². The number of nitrogens with zero attached hydrogens (tertiary/aromatic N) is 2. The highest BCUT2D eigenvalue weighted by Crippen LogP contribution is 2.23. The van der Waals surface area contributed by atoms with Crippen LogP contribution in [0.5, 0.6) is 5.75 Å². The van der Waals surface area contributed by atoms with E-state index in [1.807, 2.05) is 12.1 Å². The van der Waals surface area contributed by atoms with Crippen LogP contribution >= 0.6 is 15.9 Å². The third kappa shape index (κ3) is 4.35. The summed E-state index contributed by atoms with van der Waals surface area (Å²) >= 11 is 3.32. The summed E-state index contributed by atoms with van der Waals surface area (Å²) in [5.74, 6) is -0.198. The van der Waals surface area contributed by atoms with Crippen molar-refractivity contribution >= 4 is 33.7 Å². The zero-order chi connectivity index (χ0) is 17.5. The first-order valence-corrected chi connectivity index (χ1v) is 8.52. The van der Waals surface area contributed by atoms with E-state index in [1.165, 1.54) is 6.21 Å². The largest absolute Gasteiger partial charge is 0.507 e. The van der Waals surface area contributed by atoms with Gasteiger partial charge < -0.3 is 10.0 Å². The van der Waals surface area contributed by atoms with Crippen LogP contribution in [-0.4, -0.2) is 30.3 Å². The average molecular weight is 390 g/mol. The zero-order valence-corrected chi connectivity index (χ0v) is 15.2. The van der Waals surface area contributed by atoms with Gasteiger partial charge in [0.15, 0.2) is 0 Å². The van der Waals surface area contributed by atoms with Gasteiger partial charge in [0.25, 0.3) is 5.91 Å². The first-order valence-electron chi connectivity index (χ1n) is 7.72. The molecule has 0 bridgehead atoms. The number of carbonyl (C=O) groups excluding carboxylic acids is 1. The molecule has 0 radical (unpaired) electrons. The molecule has 0 aliphatic rings. The summed E-state index contributed by atoms with van der Waals surface area (Å²) in [5, 5.41) is 14.0. The minimum absolute atomic E-state index is 0.123. The van der Waals surface area contributed by atoms with E-state index in [9.17, 15) is 9.90 Å². The van der Waals surface area contributed by atoms with Crippen molar-refractivity contribution in [3.63, 3.8) is 0 Å². The van der Waals surface area contributed by atoms with E-state index in [0.717, 1.165) is 18.8 Å². The van der Waals surface area contributed by atoms with Crippen LogP contribution in [0.15, 0.2) is 52.0 Å². The lowest BCUT2D eigenvalue weighted by atomic mass is 10.2. The Labute approximate surface area is 150 Å². The number of hydrogen-bond acceptors (Lipinski definition) is 4. The van der Waals surface area contributed by atoms with Gasteiger partial charge in [0.2, 0.25) is 0 Å². The number of benzene rings is 2. The number of anilines is 1. The van der Waals surface area contributed by atoms with Crippen LogP contribution in [0.3, 0.4) is 0 Å². The molecule has 0 aliphatic heterocycles. The number of nitrogens with one attached hydrogen (secondary N) is 1. The Morgan fingerprint density at radius 2 is 1.96 bits per heavy atom. The predicted octanol–water partition coefficient (Wildman–Crippen LogP) is 3.76. The minimum Gasteiger partial charge on any atom is -0.507 e. The fourth-order valence-electron chi connectivity index (χ4n) is 2.29. The quantitative estimate of drug-likeness (QED) is 0.583. The Kier molecular flexibility index (Phi) is 6.37. The highest BCUT2D eigenvalue weighted by molar-refractivity contribution is 9.10. The summed E-state index contributed by atoms with van der Waals surface area (Å²) in [7, 11) is 0. The van der Waals surface area contributed by atoms with E-state index in [2.05, 4.69) is 45.2 Å². The smallest absolute Gasteiger partial charge is 0.272 e. The molecule has 0 fully saturated rings. The maximum atomic E-state index is 12.0. The molecule has 2 N–H and O–H groups in total. The van der Waals surface area contributed by atoms with Crippen LogP contribution in [-0.2, 0) is 0 Å². The number of aromatic hydroxyl groups is 1. The second kappa shape index (κ2) is 8.49. The Morgan fingerprint density at radius 1 is 1.25 bits per heavy atom. The number of hydrazone groups is 1. The van der Waals surface area contributed by atoms with Crippen molar-refractivity contribution in [1.82, 2.24) is 5.43 Å². The molecule has 2 rings (SSSR count). The van der Waals surface area contributed by atoms with Crippen LogP contribution in [0.1, 0.15) is 29.8 Å². The molecule has 0 saturated heterocycles. The summed E-state index contributed by atoms with van der Waals surface area (Å²) in [6.45, 7) is 5.86. The third-order valence-electron chi connectivity index (χ3n) is 3.63. The van der Waals surface area contributed by atoms with Gasteiger partial charge in [0.05, 0.1) is 11.8 Å². The number of rotatable bonds is 6. The molecule has 1 amide bonds. The molecule has 2 aromatic rings. The first-order chi connectivity index (χ1) is 11.6. The van der Waals surface area contributed by atoms with Crippen LogP contribution in [0, 0.1) is 0 Å². The Morgan fingerprint density at radius 3 is 2.58 bits per heavy atom. The second-order valence-electron chi connectivity index (χ2n) is 5.09. The van der Waals surface area contributed by atoms with Gasteiger partial charge in [-0.3, -0.25) is 4.79 Å². The number of phenols is 1. The number of hydrogen-bond donors (Lipinski definition) is 2. The Hall–Kier alpha value is -2.34. The number of halogens is 1. The molecule has 0 spiro atoms. The molecule has 126 valence electrons. The normalized spacial score (nSPS) is 10.8. The molecule has 0 unspecified atom stereocenters. The number of amides is 1. The molecular formula is C18H20BrN3O2. The zero-order valence-electron chi connectivity index (χ0n) is 13.7. The molecule has 24 heavy (non-hydrogen) atoms.